The zero-order chi connectivity index (χ0) is 19.2. The van der Waals surface area contributed by atoms with Gasteiger partial charge in [-0.05, 0) is 20.8 Å². The molecule has 0 saturated carbocycles. The molecule has 24 heavy (non-hydrogen) atoms. The molecule has 0 heterocycles. The molecule has 1 unspecified atom stereocenters. The van der Waals surface area contributed by atoms with Crippen LogP contribution in [0.15, 0.2) is 0 Å². The van der Waals surface area contributed by atoms with Crippen LogP contribution in [0.25, 0.3) is 0 Å². The lowest BCUT2D eigenvalue weighted by molar-refractivity contribution is -0.449. The van der Waals surface area contributed by atoms with Gasteiger partial charge >= 0.3 is 27.0 Å². The van der Waals surface area contributed by atoms with Gasteiger partial charge in [0, 0.05) is 19.3 Å². The van der Waals surface area contributed by atoms with E-state index < -0.39 is 33.3 Å². The predicted molar refractivity (Wildman–Crippen MR) is 71.7 cm³/mol. The Morgan fingerprint density at radius 3 is 1.54 bits per heavy atom. The summed E-state index contributed by atoms with van der Waals surface area (Å²) >= 11 is 0. The van der Waals surface area contributed by atoms with Gasteiger partial charge in [-0.25, -0.2) is 0 Å². The molecule has 0 bridgehead atoms. The molecule has 0 aliphatic rings. The van der Waals surface area contributed by atoms with Crippen molar-refractivity contribution in [1.29, 1.82) is 0 Å². The Morgan fingerprint density at radius 1 is 0.833 bits per heavy atom. The average molecular weight is 390 g/mol. The van der Waals surface area contributed by atoms with Gasteiger partial charge in [-0.3, -0.25) is 0 Å². The van der Waals surface area contributed by atoms with Crippen molar-refractivity contribution in [2.45, 2.75) is 64.7 Å². The van der Waals surface area contributed by atoms with E-state index in [1.165, 1.54) is 0 Å². The van der Waals surface area contributed by atoms with E-state index in [1.54, 1.807) is 20.8 Å². The first-order chi connectivity index (χ1) is 10.8. The second-order valence-electron chi connectivity index (χ2n) is 4.69. The van der Waals surface area contributed by atoms with Gasteiger partial charge in [0.2, 0.25) is 0 Å². The summed E-state index contributed by atoms with van der Waals surface area (Å²) in [6.07, 6.45) is -14.4. The predicted octanol–water partition coefficient (Wildman–Crippen LogP) is 4.58. The number of hydrogen-bond acceptors (Lipinski definition) is 4. The van der Waals surface area contributed by atoms with Gasteiger partial charge < -0.3 is 18.0 Å². The summed E-state index contributed by atoms with van der Waals surface area (Å²) in [5, 5.41) is 0. The molecule has 0 radical (unpaired) electrons. The monoisotopic (exact) mass is 390 g/mol. The maximum absolute atomic E-state index is 13.6. The first-order valence-electron chi connectivity index (χ1n) is 7.24. The summed E-state index contributed by atoms with van der Waals surface area (Å²) < 4.78 is 108. The van der Waals surface area contributed by atoms with Gasteiger partial charge in [-0.2, -0.15) is 30.7 Å². The third kappa shape index (κ3) is 5.83. The van der Waals surface area contributed by atoms with E-state index in [2.05, 4.69) is 4.74 Å². The van der Waals surface area contributed by atoms with Gasteiger partial charge in [0.15, 0.2) is 6.29 Å². The van der Waals surface area contributed by atoms with Crippen molar-refractivity contribution in [2.75, 3.05) is 13.2 Å². The summed E-state index contributed by atoms with van der Waals surface area (Å²) in [6, 6.07) is 0.125. The molecule has 0 aliphatic carbocycles. The van der Waals surface area contributed by atoms with Gasteiger partial charge in [0.25, 0.3) is 0 Å². The minimum absolute atomic E-state index is 0.0538. The molecular weight excluding hydrogens is 369 g/mol. The van der Waals surface area contributed by atoms with E-state index in [-0.39, 0.29) is 19.3 Å². The van der Waals surface area contributed by atoms with Crippen LogP contribution in [0.1, 0.15) is 34.1 Å². The fourth-order valence-corrected chi connectivity index (χ4v) is 4.53. The zero-order valence-corrected chi connectivity index (χ0v) is 14.7. The van der Waals surface area contributed by atoms with Gasteiger partial charge in [-0.15, -0.1) is 0 Å². The minimum Gasteiger partial charge on any atom is -0.374 e. The number of ether oxygens (including phenoxy) is 1. The fraction of sp³-hybridized carbons (Fsp3) is 1.00. The van der Waals surface area contributed by atoms with Crippen LogP contribution in [0.2, 0.25) is 6.04 Å². The van der Waals surface area contributed by atoms with E-state index in [4.69, 9.17) is 13.3 Å². The molecule has 146 valence electrons. The summed E-state index contributed by atoms with van der Waals surface area (Å²) in [5.41, 5.74) is 0. The Morgan fingerprint density at radius 2 is 1.25 bits per heavy atom. The lowest BCUT2D eigenvalue weighted by Crippen LogP contribution is -2.58. The number of hydrogen-bond donors (Lipinski definition) is 0. The molecule has 0 aromatic heterocycles. The fourth-order valence-electron chi connectivity index (χ4n) is 1.86. The SMILES string of the molecule is CCC[Si](OCC)(OCC)OC(C)OC(F)(C(F)(F)F)C(F)(F)F. The molecule has 0 rings (SSSR count). The lowest BCUT2D eigenvalue weighted by atomic mass is 10.3. The highest BCUT2D eigenvalue weighted by molar-refractivity contribution is 6.60. The average Bonchev–Trinajstić information content (AvgIpc) is 2.36. The Hall–Kier alpha value is -0.433. The quantitative estimate of drug-likeness (QED) is 0.311. The zero-order valence-electron chi connectivity index (χ0n) is 13.7. The largest absolute Gasteiger partial charge is 0.502 e. The molecule has 4 nitrogen and oxygen atoms in total. The molecule has 0 saturated heterocycles. The Labute approximate surface area is 136 Å². The van der Waals surface area contributed by atoms with E-state index in [9.17, 15) is 30.7 Å². The third-order valence-electron chi connectivity index (χ3n) is 2.69. The van der Waals surface area contributed by atoms with Crippen molar-refractivity contribution in [2.24, 2.45) is 0 Å². The van der Waals surface area contributed by atoms with Crippen LogP contribution in [0, 0.1) is 0 Å². The molecule has 0 aromatic carbocycles. The smallest absolute Gasteiger partial charge is 0.374 e. The van der Waals surface area contributed by atoms with Gasteiger partial charge in [-0.1, -0.05) is 13.3 Å². The molecular formula is C12H21F7O4Si. The Kier molecular flexibility index (Phi) is 8.63. The van der Waals surface area contributed by atoms with Crippen molar-refractivity contribution < 1.29 is 48.7 Å². The summed E-state index contributed by atoms with van der Waals surface area (Å²) in [5.74, 6) is -5.86. The number of halogens is 7. The molecule has 0 fully saturated rings. The van der Waals surface area contributed by atoms with Crippen LogP contribution >= 0.6 is 0 Å². The maximum atomic E-state index is 13.6. The minimum atomic E-state index is -6.32. The van der Waals surface area contributed by atoms with Crippen molar-refractivity contribution in [1.82, 2.24) is 0 Å². The lowest BCUT2D eigenvalue weighted by Gasteiger charge is -2.35. The highest BCUT2D eigenvalue weighted by atomic mass is 28.4. The standard InChI is InChI=1S/C12H21F7O4Si/c1-5-8-24(20-6-2,21-7-3)23-9(4)22-10(13,11(14,15)16)12(17,18)19/h9H,5-8H2,1-4H3. The summed E-state index contributed by atoms with van der Waals surface area (Å²) in [6.45, 7) is 5.63. The van der Waals surface area contributed by atoms with E-state index in [0.717, 1.165) is 6.92 Å². The van der Waals surface area contributed by atoms with Gasteiger partial charge in [0.1, 0.15) is 0 Å². The first kappa shape index (κ1) is 23.6. The molecule has 0 aliphatic heterocycles. The molecule has 0 N–H and O–H groups in total. The van der Waals surface area contributed by atoms with E-state index in [0.29, 0.717) is 6.42 Å². The van der Waals surface area contributed by atoms with Crippen molar-refractivity contribution in [3.63, 3.8) is 0 Å². The molecule has 0 spiro atoms. The van der Waals surface area contributed by atoms with Crippen LogP contribution in [0.4, 0.5) is 30.7 Å². The Balaban J connectivity index is 5.39. The molecule has 0 aromatic rings. The highest BCUT2D eigenvalue weighted by Crippen LogP contribution is 2.47. The molecule has 12 heteroatoms. The third-order valence-corrected chi connectivity index (χ3v) is 5.95. The van der Waals surface area contributed by atoms with Crippen LogP contribution in [-0.4, -0.2) is 46.5 Å². The van der Waals surface area contributed by atoms with Crippen LogP contribution in [-0.2, 0) is 18.0 Å². The van der Waals surface area contributed by atoms with Crippen molar-refractivity contribution in [3.8, 4) is 0 Å². The highest BCUT2D eigenvalue weighted by Gasteiger charge is 2.75. The van der Waals surface area contributed by atoms with Crippen molar-refractivity contribution in [3.05, 3.63) is 0 Å². The van der Waals surface area contributed by atoms with Gasteiger partial charge in [0.05, 0.1) is 0 Å². The maximum Gasteiger partial charge on any atom is 0.502 e. The Bertz CT molecular complexity index is 344. The van der Waals surface area contributed by atoms with Crippen LogP contribution < -0.4 is 0 Å². The van der Waals surface area contributed by atoms with Crippen LogP contribution in [0.5, 0.6) is 0 Å². The molecule has 0 amide bonds. The number of rotatable bonds is 10. The first-order valence-corrected chi connectivity index (χ1v) is 9.17. The summed E-state index contributed by atoms with van der Waals surface area (Å²) in [7, 11) is -3.60. The van der Waals surface area contributed by atoms with Crippen LogP contribution in [0.3, 0.4) is 0 Å². The normalized spacial score (nSPS) is 15.6. The second kappa shape index (κ2) is 8.78. The molecule has 1 atom stereocenters. The summed E-state index contributed by atoms with van der Waals surface area (Å²) in [4.78, 5) is 0. The van der Waals surface area contributed by atoms with E-state index in [1.807, 2.05) is 0 Å². The van der Waals surface area contributed by atoms with Crippen molar-refractivity contribution >= 4 is 8.80 Å². The number of alkyl halides is 7. The second-order valence-corrected chi connectivity index (χ2v) is 7.37. The van der Waals surface area contributed by atoms with E-state index >= 15 is 0 Å². The topological polar surface area (TPSA) is 36.9 Å².